The second-order valence-corrected chi connectivity index (χ2v) is 11.7. The van der Waals surface area contributed by atoms with Crippen LogP contribution in [-0.4, -0.2) is 38.8 Å². The van der Waals surface area contributed by atoms with Crippen molar-refractivity contribution in [2.45, 2.75) is 70.2 Å². The number of amides is 2. The van der Waals surface area contributed by atoms with Crippen molar-refractivity contribution in [1.29, 1.82) is 0 Å². The predicted molar refractivity (Wildman–Crippen MR) is 137 cm³/mol. The number of hydrogen-bond acceptors (Lipinski definition) is 6. The van der Waals surface area contributed by atoms with E-state index in [-0.39, 0.29) is 42.1 Å². The van der Waals surface area contributed by atoms with Gasteiger partial charge in [0.15, 0.2) is 5.96 Å². The zero-order valence-corrected chi connectivity index (χ0v) is 21.7. The molecule has 1 aromatic carbocycles. The van der Waals surface area contributed by atoms with E-state index < -0.39 is 17.2 Å². The van der Waals surface area contributed by atoms with Crippen LogP contribution in [0.1, 0.15) is 70.2 Å². The van der Waals surface area contributed by atoms with E-state index in [2.05, 4.69) is 15.3 Å². The molecule has 2 aliphatic heterocycles. The molecule has 0 spiro atoms. The normalized spacial score (nSPS) is 26.8. The number of fused-ring (bicyclic) bond motifs is 1. The number of nitrogens with zero attached hydrogens (tertiary/aromatic N) is 3. The molecule has 190 valence electrons. The van der Waals surface area contributed by atoms with Gasteiger partial charge in [-0.2, -0.15) is 0 Å². The Bertz CT molecular complexity index is 1240. The fraction of sp³-hybridized carbons (Fsp3) is 0.481. The summed E-state index contributed by atoms with van der Waals surface area (Å²) in [6.45, 7) is 7.81. The number of halogens is 1. The number of aliphatic imine (C=N–C) groups is 1. The maximum atomic E-state index is 13.5. The van der Waals surface area contributed by atoms with Crippen molar-refractivity contribution in [2.75, 3.05) is 0 Å². The first-order valence-electron chi connectivity index (χ1n) is 12.3. The molecule has 9 heteroatoms. The number of hydrogen-bond donors (Lipinski definition) is 2. The van der Waals surface area contributed by atoms with Crippen LogP contribution in [0.3, 0.4) is 0 Å². The molecule has 1 fully saturated rings. The van der Waals surface area contributed by atoms with Crippen molar-refractivity contribution in [2.24, 2.45) is 22.6 Å². The summed E-state index contributed by atoms with van der Waals surface area (Å²) >= 11 is 6.25. The lowest BCUT2D eigenvalue weighted by Gasteiger charge is -2.38. The Morgan fingerprint density at radius 1 is 1.25 bits per heavy atom. The van der Waals surface area contributed by atoms with Gasteiger partial charge in [0.05, 0.1) is 29.1 Å². The minimum atomic E-state index is -0.571. The van der Waals surface area contributed by atoms with Gasteiger partial charge >= 0.3 is 0 Å². The molecular formula is C27H32ClN5O3. The van der Waals surface area contributed by atoms with Gasteiger partial charge in [-0.3, -0.25) is 19.5 Å². The molecule has 0 bridgehead atoms. The van der Waals surface area contributed by atoms with Gasteiger partial charge in [-0.25, -0.2) is 4.99 Å². The van der Waals surface area contributed by atoms with Crippen LogP contribution >= 0.6 is 11.6 Å². The molecule has 2 amide bonds. The van der Waals surface area contributed by atoms with E-state index in [4.69, 9.17) is 22.1 Å². The van der Waals surface area contributed by atoms with E-state index in [1.165, 1.54) is 4.90 Å². The molecule has 4 atom stereocenters. The monoisotopic (exact) mass is 509 g/mol. The zero-order chi connectivity index (χ0) is 25.8. The lowest BCUT2D eigenvalue weighted by Crippen LogP contribution is -2.52. The van der Waals surface area contributed by atoms with Gasteiger partial charge in [-0.15, -0.1) is 0 Å². The maximum absolute atomic E-state index is 13.5. The van der Waals surface area contributed by atoms with Crippen LogP contribution in [0.2, 0.25) is 5.02 Å². The Morgan fingerprint density at radius 3 is 2.72 bits per heavy atom. The van der Waals surface area contributed by atoms with Crippen molar-refractivity contribution in [3.05, 3.63) is 58.9 Å². The summed E-state index contributed by atoms with van der Waals surface area (Å²) in [4.78, 5) is 37.1. The second-order valence-electron chi connectivity index (χ2n) is 11.3. The number of carbonyl (C=O) groups is 2. The average Bonchev–Trinajstić information content (AvgIpc) is 3.55. The Labute approximate surface area is 216 Å². The molecule has 8 nitrogen and oxygen atoms in total. The Balaban J connectivity index is 1.41. The summed E-state index contributed by atoms with van der Waals surface area (Å²) in [5.41, 5.74) is 7.07. The first-order chi connectivity index (χ1) is 16.9. The molecule has 3 aliphatic rings. The third-order valence-electron chi connectivity index (χ3n) is 7.14. The molecule has 36 heavy (non-hydrogen) atoms. The summed E-state index contributed by atoms with van der Waals surface area (Å²) in [6, 6.07) is 8.96. The lowest BCUT2D eigenvalue weighted by atomic mass is 9.89. The smallest absolute Gasteiger partial charge is 0.232 e. The molecule has 2 aromatic rings. The highest BCUT2D eigenvalue weighted by molar-refractivity contribution is 6.30. The van der Waals surface area contributed by atoms with E-state index in [1.54, 1.807) is 18.5 Å². The molecule has 4 unspecified atom stereocenters. The molecule has 1 aromatic heterocycles. The maximum Gasteiger partial charge on any atom is 0.232 e. The van der Waals surface area contributed by atoms with Gasteiger partial charge in [0.25, 0.3) is 0 Å². The van der Waals surface area contributed by atoms with Crippen LogP contribution in [0.25, 0.3) is 0 Å². The van der Waals surface area contributed by atoms with Gasteiger partial charge in [0.2, 0.25) is 11.8 Å². The van der Waals surface area contributed by atoms with Crippen LogP contribution in [0.5, 0.6) is 5.75 Å². The zero-order valence-electron chi connectivity index (χ0n) is 21.0. The van der Waals surface area contributed by atoms with Gasteiger partial charge in [0, 0.05) is 30.3 Å². The molecular weight excluding hydrogens is 478 g/mol. The number of pyridine rings is 1. The summed E-state index contributed by atoms with van der Waals surface area (Å²) in [5.74, 6) is 0.378. The minimum absolute atomic E-state index is 0.0437. The Morgan fingerprint density at radius 2 is 2.00 bits per heavy atom. The van der Waals surface area contributed by atoms with Gasteiger partial charge in [-0.05, 0) is 57.7 Å². The molecule has 3 N–H and O–H groups in total. The number of aromatic nitrogens is 1. The molecule has 3 heterocycles. The molecule has 0 saturated heterocycles. The summed E-state index contributed by atoms with van der Waals surface area (Å²) in [5, 5.41) is 3.71. The fourth-order valence-corrected chi connectivity index (χ4v) is 5.72. The van der Waals surface area contributed by atoms with Crippen LogP contribution < -0.4 is 15.8 Å². The highest BCUT2D eigenvalue weighted by atomic mass is 35.5. The Hall–Kier alpha value is -3.13. The summed E-state index contributed by atoms with van der Waals surface area (Å²) in [6.07, 6.45) is 4.74. The van der Waals surface area contributed by atoms with Crippen molar-refractivity contribution < 1.29 is 14.3 Å². The number of nitrogens with one attached hydrogen (secondary N) is 1. The van der Waals surface area contributed by atoms with E-state index in [9.17, 15) is 9.59 Å². The lowest BCUT2D eigenvalue weighted by molar-refractivity contribution is -0.132. The first-order valence-corrected chi connectivity index (χ1v) is 12.7. The van der Waals surface area contributed by atoms with Crippen LogP contribution in [0.4, 0.5) is 0 Å². The summed E-state index contributed by atoms with van der Waals surface area (Å²) < 4.78 is 6.11. The number of rotatable bonds is 5. The van der Waals surface area contributed by atoms with Crippen LogP contribution in [0, 0.1) is 11.8 Å². The standard InChI is InChI=1S/C27H32ClN5O3/c1-26(2)12-22(34)33(25(29)32-26)23(15-9-16(28)14-30-13-15)18-10-19(18)24(35)31-20-11-27(3,4)36-21-8-6-5-7-17(20)21/h5-9,13-14,18-20,23H,10-12H2,1-4H3,(H2,29,32)(H,31,35). The number of benzene rings is 1. The van der Waals surface area contributed by atoms with Crippen molar-refractivity contribution in [3.8, 4) is 5.75 Å². The topological polar surface area (TPSA) is 110 Å². The number of nitrogens with two attached hydrogens (primary N) is 1. The van der Waals surface area contributed by atoms with E-state index in [1.807, 2.05) is 52.0 Å². The number of guanidine groups is 1. The molecule has 0 radical (unpaired) electrons. The van der Waals surface area contributed by atoms with E-state index in [0.717, 1.165) is 16.9 Å². The quantitative estimate of drug-likeness (QED) is 0.629. The number of ether oxygens (including phenoxy) is 1. The third kappa shape index (κ3) is 4.78. The minimum Gasteiger partial charge on any atom is -0.487 e. The highest BCUT2D eigenvalue weighted by Crippen LogP contribution is 2.52. The number of para-hydroxylation sites is 1. The average molecular weight is 510 g/mol. The Kier molecular flexibility index (Phi) is 5.98. The van der Waals surface area contributed by atoms with Gasteiger partial charge in [-0.1, -0.05) is 29.8 Å². The molecule has 1 aliphatic carbocycles. The predicted octanol–water partition coefficient (Wildman–Crippen LogP) is 4.16. The van der Waals surface area contributed by atoms with E-state index >= 15 is 0 Å². The van der Waals surface area contributed by atoms with Crippen LogP contribution in [0.15, 0.2) is 47.7 Å². The van der Waals surface area contributed by atoms with Gasteiger partial charge < -0.3 is 15.8 Å². The SMILES string of the molecule is CC1(C)CC(=O)N(C(c2cncc(Cl)c2)C2CC2C(=O)NC2CC(C)(C)Oc3ccccc32)C(N)=N1. The molecule has 5 rings (SSSR count). The largest absolute Gasteiger partial charge is 0.487 e. The number of carbonyl (C=O) groups excluding carboxylic acids is 2. The molecule has 1 saturated carbocycles. The third-order valence-corrected chi connectivity index (χ3v) is 7.34. The second kappa shape index (κ2) is 8.76. The van der Waals surface area contributed by atoms with Crippen molar-refractivity contribution >= 4 is 29.4 Å². The first kappa shape index (κ1) is 24.6. The van der Waals surface area contributed by atoms with E-state index in [0.29, 0.717) is 17.9 Å². The van der Waals surface area contributed by atoms with Gasteiger partial charge in [0.1, 0.15) is 11.4 Å². The summed E-state index contributed by atoms with van der Waals surface area (Å²) in [7, 11) is 0. The van der Waals surface area contributed by atoms with Crippen molar-refractivity contribution in [1.82, 2.24) is 15.2 Å². The highest BCUT2D eigenvalue weighted by Gasteiger charge is 2.53. The fourth-order valence-electron chi connectivity index (χ4n) is 5.54. The van der Waals surface area contributed by atoms with Crippen LogP contribution in [-0.2, 0) is 9.59 Å². The van der Waals surface area contributed by atoms with Crippen molar-refractivity contribution in [3.63, 3.8) is 0 Å².